The maximum atomic E-state index is 12.6. The fraction of sp³-hybridized carbons (Fsp3) is 0.364. The van der Waals surface area contributed by atoms with Gasteiger partial charge in [0.2, 0.25) is 5.91 Å². The predicted molar refractivity (Wildman–Crippen MR) is 109 cm³/mol. The lowest BCUT2D eigenvalue weighted by atomic mass is 10.1. The van der Waals surface area contributed by atoms with Crippen LogP contribution in [0.3, 0.4) is 0 Å². The van der Waals surface area contributed by atoms with Gasteiger partial charge in [0.1, 0.15) is 12.4 Å². The summed E-state index contributed by atoms with van der Waals surface area (Å²) in [7, 11) is 0. The number of hydrogen-bond acceptors (Lipinski definition) is 4. The first kappa shape index (κ1) is 19.9. The highest BCUT2D eigenvalue weighted by atomic mass is 16.5. The van der Waals surface area contributed by atoms with E-state index in [2.05, 4.69) is 10.6 Å². The second kappa shape index (κ2) is 9.37. The van der Waals surface area contributed by atoms with Crippen LogP contribution < -0.4 is 15.4 Å². The van der Waals surface area contributed by atoms with E-state index in [9.17, 15) is 9.59 Å². The van der Waals surface area contributed by atoms with Crippen LogP contribution in [0.5, 0.6) is 5.75 Å². The minimum absolute atomic E-state index is 0.0647. The number of anilines is 2. The molecular weight excluding hydrogens is 356 g/mol. The Morgan fingerprint density at radius 1 is 1.11 bits per heavy atom. The zero-order chi connectivity index (χ0) is 19.9. The summed E-state index contributed by atoms with van der Waals surface area (Å²) >= 11 is 0. The summed E-state index contributed by atoms with van der Waals surface area (Å²) in [5, 5.41) is 5.74. The SMILES string of the molecule is CCC(=O)Nc1cccc(NC(=O)c2ccc(OC[C@H]3CCCO3)cc2)c1C. The third-order valence-electron chi connectivity index (χ3n) is 4.75. The van der Waals surface area contributed by atoms with Crippen molar-refractivity contribution in [1.29, 1.82) is 0 Å². The molecule has 1 saturated heterocycles. The van der Waals surface area contributed by atoms with Crippen LogP contribution in [0, 0.1) is 6.92 Å². The van der Waals surface area contributed by atoms with E-state index < -0.39 is 0 Å². The summed E-state index contributed by atoms with van der Waals surface area (Å²) in [4.78, 5) is 24.2. The zero-order valence-electron chi connectivity index (χ0n) is 16.3. The lowest BCUT2D eigenvalue weighted by Gasteiger charge is -2.14. The average molecular weight is 382 g/mol. The average Bonchev–Trinajstić information content (AvgIpc) is 3.23. The standard InChI is InChI=1S/C22H26N2O4/c1-3-21(25)23-19-7-4-8-20(15(19)2)24-22(26)16-9-11-17(12-10-16)28-14-18-6-5-13-27-18/h4,7-12,18H,3,5-6,13-14H2,1-2H3,(H,23,25)(H,24,26)/t18-/m1/s1. The maximum Gasteiger partial charge on any atom is 0.255 e. The van der Waals surface area contributed by atoms with E-state index in [1.54, 1.807) is 37.3 Å². The van der Waals surface area contributed by atoms with Crippen molar-refractivity contribution >= 4 is 23.2 Å². The molecule has 0 aliphatic carbocycles. The number of nitrogens with one attached hydrogen (secondary N) is 2. The van der Waals surface area contributed by atoms with Crippen LogP contribution in [-0.4, -0.2) is 31.1 Å². The molecule has 2 N–H and O–H groups in total. The lowest BCUT2D eigenvalue weighted by molar-refractivity contribution is -0.115. The minimum atomic E-state index is -0.215. The Balaban J connectivity index is 1.61. The second-order valence-corrected chi connectivity index (χ2v) is 6.80. The Labute approximate surface area is 165 Å². The first-order valence-corrected chi connectivity index (χ1v) is 9.62. The number of rotatable bonds is 7. The fourth-order valence-corrected chi connectivity index (χ4v) is 3.01. The number of carbonyl (C=O) groups excluding carboxylic acids is 2. The van der Waals surface area contributed by atoms with Gasteiger partial charge in [-0.15, -0.1) is 0 Å². The molecule has 6 heteroatoms. The van der Waals surface area contributed by atoms with Crippen LogP contribution in [0.4, 0.5) is 11.4 Å². The number of hydrogen-bond donors (Lipinski definition) is 2. The van der Waals surface area contributed by atoms with Crippen molar-refractivity contribution in [2.45, 2.75) is 39.2 Å². The van der Waals surface area contributed by atoms with Crippen molar-refractivity contribution in [3.05, 3.63) is 53.6 Å². The van der Waals surface area contributed by atoms with Crippen molar-refractivity contribution in [3.63, 3.8) is 0 Å². The largest absolute Gasteiger partial charge is 0.491 e. The van der Waals surface area contributed by atoms with Crippen molar-refractivity contribution in [2.75, 3.05) is 23.8 Å². The van der Waals surface area contributed by atoms with Crippen molar-refractivity contribution < 1.29 is 19.1 Å². The van der Waals surface area contributed by atoms with Crippen LogP contribution in [0.15, 0.2) is 42.5 Å². The molecule has 28 heavy (non-hydrogen) atoms. The van der Waals surface area contributed by atoms with Gasteiger partial charge < -0.3 is 20.1 Å². The summed E-state index contributed by atoms with van der Waals surface area (Å²) < 4.78 is 11.3. The van der Waals surface area contributed by atoms with Crippen LogP contribution in [0.25, 0.3) is 0 Å². The third-order valence-corrected chi connectivity index (χ3v) is 4.75. The first-order chi connectivity index (χ1) is 13.6. The van der Waals surface area contributed by atoms with Gasteiger partial charge in [-0.05, 0) is 61.7 Å². The number of amides is 2. The molecule has 0 bridgehead atoms. The maximum absolute atomic E-state index is 12.6. The zero-order valence-corrected chi connectivity index (χ0v) is 16.3. The molecule has 2 amide bonds. The Kier molecular flexibility index (Phi) is 6.66. The van der Waals surface area contributed by atoms with Gasteiger partial charge in [-0.2, -0.15) is 0 Å². The summed E-state index contributed by atoms with van der Waals surface area (Å²) in [6, 6.07) is 12.5. The van der Waals surface area contributed by atoms with E-state index >= 15 is 0 Å². The van der Waals surface area contributed by atoms with Crippen molar-refractivity contribution in [2.24, 2.45) is 0 Å². The molecule has 0 radical (unpaired) electrons. The summed E-state index contributed by atoms with van der Waals surface area (Å²) in [6.07, 6.45) is 2.66. The van der Waals surface area contributed by atoms with Gasteiger partial charge in [0.15, 0.2) is 0 Å². The molecule has 0 aromatic heterocycles. The molecule has 3 rings (SSSR count). The van der Waals surface area contributed by atoms with Crippen LogP contribution in [0.2, 0.25) is 0 Å². The number of benzene rings is 2. The van der Waals surface area contributed by atoms with Crippen LogP contribution in [-0.2, 0) is 9.53 Å². The molecule has 6 nitrogen and oxygen atoms in total. The topological polar surface area (TPSA) is 76.7 Å². The second-order valence-electron chi connectivity index (χ2n) is 6.80. The molecule has 1 aliphatic rings. The van der Waals surface area contributed by atoms with E-state index in [1.165, 1.54) is 0 Å². The van der Waals surface area contributed by atoms with Crippen LogP contribution in [0.1, 0.15) is 42.1 Å². The van der Waals surface area contributed by atoms with E-state index in [1.807, 2.05) is 19.1 Å². The van der Waals surface area contributed by atoms with Gasteiger partial charge in [0.25, 0.3) is 5.91 Å². The number of carbonyl (C=O) groups is 2. The van der Waals surface area contributed by atoms with Gasteiger partial charge in [0, 0.05) is 30.0 Å². The lowest BCUT2D eigenvalue weighted by Crippen LogP contribution is -2.16. The van der Waals surface area contributed by atoms with Crippen LogP contribution >= 0.6 is 0 Å². The van der Waals surface area contributed by atoms with E-state index in [-0.39, 0.29) is 17.9 Å². The Bertz CT molecular complexity index is 827. The highest BCUT2D eigenvalue weighted by molar-refractivity contribution is 6.05. The first-order valence-electron chi connectivity index (χ1n) is 9.62. The molecule has 2 aromatic carbocycles. The quantitative estimate of drug-likeness (QED) is 0.754. The molecule has 1 fully saturated rings. The van der Waals surface area contributed by atoms with E-state index in [4.69, 9.17) is 9.47 Å². The monoisotopic (exact) mass is 382 g/mol. The molecule has 0 spiro atoms. The molecule has 1 aliphatic heterocycles. The highest BCUT2D eigenvalue weighted by Crippen LogP contribution is 2.24. The Hall–Kier alpha value is -2.86. The summed E-state index contributed by atoms with van der Waals surface area (Å²) in [5.41, 5.74) is 2.71. The molecule has 148 valence electrons. The summed E-state index contributed by atoms with van der Waals surface area (Å²) in [6.45, 7) is 4.99. The van der Waals surface area contributed by atoms with E-state index in [0.717, 1.165) is 25.0 Å². The Morgan fingerprint density at radius 2 is 1.82 bits per heavy atom. The molecular formula is C22H26N2O4. The normalized spacial score (nSPS) is 15.9. The third kappa shape index (κ3) is 5.10. The molecule has 0 unspecified atom stereocenters. The Morgan fingerprint density at radius 3 is 2.46 bits per heavy atom. The molecule has 0 saturated carbocycles. The predicted octanol–water partition coefficient (Wildman–Crippen LogP) is 4.15. The molecule has 1 atom stereocenters. The van der Waals surface area contributed by atoms with Gasteiger partial charge in [0.05, 0.1) is 6.10 Å². The molecule has 2 aromatic rings. The summed E-state index contributed by atoms with van der Waals surface area (Å²) in [5.74, 6) is 0.436. The van der Waals surface area contributed by atoms with Gasteiger partial charge in [-0.25, -0.2) is 0 Å². The minimum Gasteiger partial charge on any atom is -0.491 e. The van der Waals surface area contributed by atoms with E-state index in [0.29, 0.717) is 35.7 Å². The smallest absolute Gasteiger partial charge is 0.255 e. The fourth-order valence-electron chi connectivity index (χ4n) is 3.01. The van der Waals surface area contributed by atoms with Crippen molar-refractivity contribution in [1.82, 2.24) is 0 Å². The van der Waals surface area contributed by atoms with Gasteiger partial charge in [-0.1, -0.05) is 13.0 Å². The van der Waals surface area contributed by atoms with Gasteiger partial charge >= 0.3 is 0 Å². The van der Waals surface area contributed by atoms with Crippen molar-refractivity contribution in [3.8, 4) is 5.75 Å². The molecule has 1 heterocycles. The highest BCUT2D eigenvalue weighted by Gasteiger charge is 2.16. The number of ether oxygens (including phenoxy) is 2. The van der Waals surface area contributed by atoms with Gasteiger partial charge in [-0.3, -0.25) is 9.59 Å².